The van der Waals surface area contributed by atoms with Crippen LogP contribution in [0.25, 0.3) is 0 Å². The molecule has 0 heterocycles. The molecule has 0 radical (unpaired) electrons. The number of carboxylic acids is 1. The fourth-order valence-corrected chi connectivity index (χ4v) is 1.08. The van der Waals surface area contributed by atoms with Gasteiger partial charge in [0.05, 0.1) is 10.5 Å². The summed E-state index contributed by atoms with van der Waals surface area (Å²) in [5.74, 6) is -1.05. The molecule has 66 valence electrons. The number of carbonyl (C=O) groups is 1. The zero-order chi connectivity index (χ0) is 9.14. The number of benzene rings is 1. The first-order valence-electron chi connectivity index (χ1n) is 3.05. The first kappa shape index (κ1) is 12.8. The normalized spacial score (nSPS) is 11.5. The van der Waals surface area contributed by atoms with Gasteiger partial charge in [-0.25, -0.2) is 9.00 Å². The van der Waals surface area contributed by atoms with Crippen LogP contribution in [0.3, 0.4) is 0 Å². The van der Waals surface area contributed by atoms with Crippen molar-refractivity contribution in [2.24, 2.45) is 0 Å². The minimum atomic E-state index is -2.04. The summed E-state index contributed by atoms with van der Waals surface area (Å²) >= 11 is -2.04. The Balaban J connectivity index is 0.00000144. The average molecular weight is 210 g/mol. The van der Waals surface area contributed by atoms with E-state index in [4.69, 9.17) is 9.66 Å². The molecule has 2 N–H and O–H groups in total. The number of rotatable bonds is 2. The molecule has 1 aromatic rings. The summed E-state index contributed by atoms with van der Waals surface area (Å²) in [5.41, 5.74) is 0.101. The van der Waals surface area contributed by atoms with Crippen LogP contribution in [-0.4, -0.2) is 49.4 Å². The molecule has 0 aliphatic carbocycles. The van der Waals surface area contributed by atoms with Crippen LogP contribution in [-0.2, 0) is 11.1 Å². The van der Waals surface area contributed by atoms with Crippen molar-refractivity contribution in [2.75, 3.05) is 0 Å². The van der Waals surface area contributed by atoms with Crippen molar-refractivity contribution in [3.63, 3.8) is 0 Å². The van der Waals surface area contributed by atoms with Gasteiger partial charge in [0.25, 0.3) is 0 Å². The molecule has 0 bridgehead atoms. The van der Waals surface area contributed by atoms with E-state index in [1.54, 1.807) is 0 Å². The monoisotopic (exact) mass is 210 g/mol. The maximum atomic E-state index is 10.4. The summed E-state index contributed by atoms with van der Waals surface area (Å²) in [5, 5.41) is 8.48. The SMILES string of the molecule is O=C(O)c1ccc(S(=O)O)cc1.[NaH]. The predicted octanol–water partition coefficient (Wildman–Crippen LogP) is 0.317. The van der Waals surface area contributed by atoms with E-state index in [-0.39, 0.29) is 40.0 Å². The predicted molar refractivity (Wildman–Crippen MR) is 49.6 cm³/mol. The third-order valence-electron chi connectivity index (χ3n) is 1.30. The van der Waals surface area contributed by atoms with E-state index in [0.29, 0.717) is 0 Å². The molecule has 1 aromatic carbocycles. The van der Waals surface area contributed by atoms with Crippen LogP contribution < -0.4 is 0 Å². The molecule has 6 heteroatoms. The van der Waals surface area contributed by atoms with E-state index in [1.165, 1.54) is 24.3 Å². The van der Waals surface area contributed by atoms with Crippen LogP contribution in [0.5, 0.6) is 0 Å². The third kappa shape index (κ3) is 3.58. The zero-order valence-corrected chi connectivity index (χ0v) is 6.75. The number of carboxylic acid groups (broad SMARTS) is 1. The fraction of sp³-hybridized carbons (Fsp3) is 0. The molecule has 1 atom stereocenters. The molecule has 0 spiro atoms. The summed E-state index contributed by atoms with van der Waals surface area (Å²) in [7, 11) is 0. The number of hydrogen-bond acceptors (Lipinski definition) is 2. The van der Waals surface area contributed by atoms with Gasteiger partial charge in [0.1, 0.15) is 0 Å². The van der Waals surface area contributed by atoms with Crippen molar-refractivity contribution in [1.82, 2.24) is 0 Å². The van der Waals surface area contributed by atoms with Gasteiger partial charge in [-0.1, -0.05) is 0 Å². The first-order chi connectivity index (χ1) is 5.61. The van der Waals surface area contributed by atoms with Crippen LogP contribution in [0.4, 0.5) is 0 Å². The third-order valence-corrected chi connectivity index (χ3v) is 1.98. The quantitative estimate of drug-likeness (QED) is 0.544. The Morgan fingerprint density at radius 3 is 2.00 bits per heavy atom. The van der Waals surface area contributed by atoms with Crippen LogP contribution in [0.15, 0.2) is 29.2 Å². The fourth-order valence-electron chi connectivity index (χ4n) is 0.714. The van der Waals surface area contributed by atoms with Crippen molar-refractivity contribution < 1.29 is 18.7 Å². The van der Waals surface area contributed by atoms with Crippen LogP contribution in [0.1, 0.15) is 10.4 Å². The maximum absolute atomic E-state index is 10.4. The topological polar surface area (TPSA) is 74.6 Å². The van der Waals surface area contributed by atoms with Crippen LogP contribution in [0, 0.1) is 0 Å². The summed E-state index contributed by atoms with van der Waals surface area (Å²) in [6.45, 7) is 0. The Labute approximate surface area is 99.5 Å². The van der Waals surface area contributed by atoms with Crippen molar-refractivity contribution in [3.05, 3.63) is 29.8 Å². The molecule has 0 fully saturated rings. The van der Waals surface area contributed by atoms with Gasteiger partial charge in [-0.2, -0.15) is 0 Å². The second-order valence-electron chi connectivity index (χ2n) is 2.08. The molecule has 13 heavy (non-hydrogen) atoms. The van der Waals surface area contributed by atoms with Gasteiger partial charge in [-0.05, 0) is 24.3 Å². The van der Waals surface area contributed by atoms with Gasteiger partial charge in [-0.15, -0.1) is 0 Å². The van der Waals surface area contributed by atoms with Crippen molar-refractivity contribution in [2.45, 2.75) is 4.90 Å². The standard InChI is InChI=1S/C7H6O4S.Na.H/c8-7(9)5-1-3-6(4-2-5)12(10)11;;/h1-4H,(H,8,9)(H,10,11);;. The molecule has 0 aliphatic rings. The van der Waals surface area contributed by atoms with E-state index in [0.717, 1.165) is 0 Å². The summed E-state index contributed by atoms with van der Waals surface area (Å²) in [6, 6.07) is 5.18. The van der Waals surface area contributed by atoms with Gasteiger partial charge >= 0.3 is 35.5 Å². The Morgan fingerprint density at radius 2 is 1.69 bits per heavy atom. The second kappa shape index (κ2) is 5.51. The Kier molecular flexibility index (Phi) is 5.43. The average Bonchev–Trinajstić information content (AvgIpc) is 2.04. The molecule has 1 rings (SSSR count). The zero-order valence-electron chi connectivity index (χ0n) is 5.93. The van der Waals surface area contributed by atoms with Gasteiger partial charge in [0, 0.05) is 0 Å². The van der Waals surface area contributed by atoms with Gasteiger partial charge < -0.3 is 9.66 Å². The van der Waals surface area contributed by atoms with Crippen molar-refractivity contribution >= 4 is 46.6 Å². The van der Waals surface area contributed by atoms with E-state index in [9.17, 15) is 9.00 Å². The van der Waals surface area contributed by atoms with Gasteiger partial charge in [0.2, 0.25) is 0 Å². The molecule has 0 aromatic heterocycles. The number of hydrogen-bond donors (Lipinski definition) is 2. The van der Waals surface area contributed by atoms with Crippen molar-refractivity contribution in [1.29, 1.82) is 0 Å². The first-order valence-corrected chi connectivity index (χ1v) is 4.16. The van der Waals surface area contributed by atoms with Crippen LogP contribution >= 0.6 is 0 Å². The van der Waals surface area contributed by atoms with E-state index in [1.807, 2.05) is 0 Å². The summed E-state index contributed by atoms with van der Waals surface area (Å²) in [4.78, 5) is 10.5. The molecule has 0 saturated heterocycles. The Morgan fingerprint density at radius 1 is 1.23 bits per heavy atom. The number of aromatic carboxylic acids is 1. The van der Waals surface area contributed by atoms with E-state index >= 15 is 0 Å². The Hall–Kier alpha value is -0.200. The molecule has 0 amide bonds. The minimum absolute atomic E-state index is 0. The van der Waals surface area contributed by atoms with Gasteiger partial charge in [0.15, 0.2) is 11.1 Å². The molecule has 0 aliphatic heterocycles. The van der Waals surface area contributed by atoms with E-state index in [2.05, 4.69) is 0 Å². The van der Waals surface area contributed by atoms with Gasteiger partial charge in [-0.3, -0.25) is 0 Å². The molecule has 4 nitrogen and oxygen atoms in total. The summed E-state index contributed by atoms with van der Waals surface area (Å²) in [6.07, 6.45) is 0. The summed E-state index contributed by atoms with van der Waals surface area (Å²) < 4.78 is 19.0. The second-order valence-corrected chi connectivity index (χ2v) is 3.05. The van der Waals surface area contributed by atoms with Crippen molar-refractivity contribution in [3.8, 4) is 0 Å². The van der Waals surface area contributed by atoms with Crippen LogP contribution in [0.2, 0.25) is 0 Å². The molecule has 0 saturated carbocycles. The molecule has 1 unspecified atom stereocenters. The Bertz CT molecular complexity index is 289. The van der Waals surface area contributed by atoms with E-state index < -0.39 is 17.0 Å². The molecular formula is C7H7NaO4S. The molecular weight excluding hydrogens is 203 g/mol.